The van der Waals surface area contributed by atoms with Crippen LogP contribution in [-0.2, 0) is 17.3 Å². The molecule has 2 aromatic rings. The lowest BCUT2D eigenvalue weighted by Gasteiger charge is -2.25. The first-order chi connectivity index (χ1) is 10.8. The second-order valence-electron chi connectivity index (χ2n) is 5.04. The average Bonchev–Trinajstić information content (AvgIpc) is 2.55. The molecule has 0 N–H and O–H groups in total. The normalized spacial score (nSPS) is 16.3. The number of rotatable bonds is 4. The number of para-hydroxylation sites is 1. The molecule has 4 heteroatoms. The van der Waals surface area contributed by atoms with Gasteiger partial charge in [0.25, 0.3) is 0 Å². The predicted octanol–water partition coefficient (Wildman–Crippen LogP) is 4.43. The fourth-order valence-electron chi connectivity index (χ4n) is 2.27. The van der Waals surface area contributed by atoms with Gasteiger partial charge >= 0.3 is 0 Å². The number of benzene rings is 2. The van der Waals surface area contributed by atoms with E-state index in [0.717, 1.165) is 28.8 Å². The Hall–Kier alpha value is -2.01. The van der Waals surface area contributed by atoms with Crippen LogP contribution in [-0.4, -0.2) is 6.61 Å². The number of hydrogen-bond acceptors (Lipinski definition) is 3. The molecule has 22 heavy (non-hydrogen) atoms. The van der Waals surface area contributed by atoms with E-state index in [-0.39, 0.29) is 6.61 Å². The van der Waals surface area contributed by atoms with Gasteiger partial charge in [0.2, 0.25) is 8.38 Å². The van der Waals surface area contributed by atoms with Gasteiger partial charge in [-0.05, 0) is 36.2 Å². The molecule has 0 fully saturated rings. The van der Waals surface area contributed by atoms with E-state index in [9.17, 15) is 0 Å². The average molecular weight is 312 g/mol. The molecule has 0 aliphatic carbocycles. The van der Waals surface area contributed by atoms with Crippen molar-refractivity contribution in [3.63, 3.8) is 0 Å². The predicted molar refractivity (Wildman–Crippen MR) is 88.0 cm³/mol. The number of hydrogen-bond donors (Lipinski definition) is 0. The van der Waals surface area contributed by atoms with Crippen molar-refractivity contribution in [2.24, 2.45) is 0 Å². The number of terminal acetylenes is 1. The third-order valence-electron chi connectivity index (χ3n) is 3.47. The van der Waals surface area contributed by atoms with Gasteiger partial charge in [-0.25, -0.2) is 0 Å². The lowest BCUT2D eigenvalue weighted by Crippen LogP contribution is -2.05. The topological polar surface area (TPSA) is 27.7 Å². The van der Waals surface area contributed by atoms with Gasteiger partial charge in [-0.15, -0.1) is 6.42 Å². The Morgan fingerprint density at radius 1 is 1.27 bits per heavy atom. The zero-order valence-corrected chi connectivity index (χ0v) is 13.3. The number of ether oxygens (including phenoxy) is 1. The van der Waals surface area contributed by atoms with Crippen LogP contribution in [0.2, 0.25) is 0 Å². The zero-order chi connectivity index (χ0) is 15.4. The Kier molecular flexibility index (Phi) is 4.63. The summed E-state index contributed by atoms with van der Waals surface area (Å²) in [6, 6.07) is 14.0. The Balaban J connectivity index is 1.68. The summed E-state index contributed by atoms with van der Waals surface area (Å²) in [5.41, 5.74) is 3.47. The summed E-state index contributed by atoms with van der Waals surface area (Å²) < 4.78 is 17.2. The van der Waals surface area contributed by atoms with Crippen molar-refractivity contribution in [3.05, 3.63) is 59.2 Å². The van der Waals surface area contributed by atoms with Gasteiger partial charge in [0, 0.05) is 5.56 Å². The molecule has 2 aromatic carbocycles. The SMILES string of the molecule is C#CCOc1ccc(CP2OCc3ccccc3O2)c(C)c1. The second-order valence-corrected chi connectivity index (χ2v) is 6.47. The summed E-state index contributed by atoms with van der Waals surface area (Å²) >= 11 is 0. The van der Waals surface area contributed by atoms with Gasteiger partial charge in [0.15, 0.2) is 0 Å². The van der Waals surface area contributed by atoms with E-state index >= 15 is 0 Å². The summed E-state index contributed by atoms with van der Waals surface area (Å²) in [6.07, 6.45) is 5.97. The van der Waals surface area contributed by atoms with E-state index in [1.54, 1.807) is 0 Å². The Morgan fingerprint density at radius 3 is 2.95 bits per heavy atom. The van der Waals surface area contributed by atoms with Crippen LogP contribution in [0.15, 0.2) is 42.5 Å². The minimum Gasteiger partial charge on any atom is -0.481 e. The quantitative estimate of drug-likeness (QED) is 0.617. The van der Waals surface area contributed by atoms with Crippen LogP contribution < -0.4 is 9.26 Å². The second kappa shape index (κ2) is 6.83. The van der Waals surface area contributed by atoms with Gasteiger partial charge in [-0.3, -0.25) is 0 Å². The first-order valence-electron chi connectivity index (χ1n) is 7.08. The molecule has 1 heterocycles. The number of fused-ring (bicyclic) bond motifs is 1. The van der Waals surface area contributed by atoms with Crippen LogP contribution in [0, 0.1) is 19.3 Å². The molecule has 0 bridgehead atoms. The molecular formula is C18H17O3P. The van der Waals surface area contributed by atoms with Gasteiger partial charge in [-0.1, -0.05) is 30.2 Å². The first-order valence-corrected chi connectivity index (χ1v) is 8.44. The standard InChI is InChI=1S/C18H17O3P/c1-3-10-19-17-9-8-16(14(2)11-17)13-22-20-12-15-6-4-5-7-18(15)21-22/h1,4-9,11H,10,12-13H2,2H3. The van der Waals surface area contributed by atoms with E-state index in [4.69, 9.17) is 20.2 Å². The molecule has 1 unspecified atom stereocenters. The van der Waals surface area contributed by atoms with Crippen molar-refractivity contribution < 1.29 is 13.8 Å². The van der Waals surface area contributed by atoms with Crippen LogP contribution in [0.1, 0.15) is 16.7 Å². The molecule has 1 aliphatic heterocycles. The van der Waals surface area contributed by atoms with Crippen molar-refractivity contribution >= 4 is 8.38 Å². The van der Waals surface area contributed by atoms with E-state index in [1.807, 2.05) is 36.4 Å². The maximum absolute atomic E-state index is 5.97. The fraction of sp³-hybridized carbons (Fsp3) is 0.222. The molecular weight excluding hydrogens is 295 g/mol. The van der Waals surface area contributed by atoms with Crippen LogP contribution in [0.5, 0.6) is 11.5 Å². The maximum Gasteiger partial charge on any atom is 0.235 e. The number of aryl methyl sites for hydroxylation is 1. The molecule has 0 spiro atoms. The lowest BCUT2D eigenvalue weighted by molar-refractivity contribution is 0.276. The van der Waals surface area contributed by atoms with Crippen molar-refractivity contribution in [1.29, 1.82) is 0 Å². The highest BCUT2D eigenvalue weighted by Gasteiger charge is 2.22. The highest BCUT2D eigenvalue weighted by molar-refractivity contribution is 7.46. The fourth-order valence-corrected chi connectivity index (χ4v) is 3.79. The molecule has 1 atom stereocenters. The highest BCUT2D eigenvalue weighted by Crippen LogP contribution is 2.49. The van der Waals surface area contributed by atoms with Crippen molar-refractivity contribution in [2.75, 3.05) is 6.61 Å². The first kappa shape index (κ1) is 14.9. The minimum absolute atomic E-state index is 0.286. The van der Waals surface area contributed by atoms with E-state index in [0.29, 0.717) is 6.61 Å². The molecule has 0 aromatic heterocycles. The van der Waals surface area contributed by atoms with Crippen LogP contribution >= 0.6 is 8.38 Å². The van der Waals surface area contributed by atoms with E-state index in [1.165, 1.54) is 5.56 Å². The molecule has 0 amide bonds. The smallest absolute Gasteiger partial charge is 0.235 e. The maximum atomic E-state index is 5.97. The monoisotopic (exact) mass is 312 g/mol. The molecule has 3 nitrogen and oxygen atoms in total. The van der Waals surface area contributed by atoms with Crippen molar-refractivity contribution in [3.8, 4) is 23.8 Å². The molecule has 3 rings (SSSR count). The van der Waals surface area contributed by atoms with E-state index < -0.39 is 8.38 Å². The molecule has 1 aliphatic rings. The van der Waals surface area contributed by atoms with Gasteiger partial charge in [-0.2, -0.15) is 0 Å². The van der Waals surface area contributed by atoms with Crippen molar-refractivity contribution in [1.82, 2.24) is 0 Å². The van der Waals surface area contributed by atoms with Gasteiger partial charge in [0.1, 0.15) is 18.1 Å². The summed E-state index contributed by atoms with van der Waals surface area (Å²) in [5.74, 6) is 4.20. The minimum atomic E-state index is -0.945. The third-order valence-corrected chi connectivity index (χ3v) is 4.89. The summed E-state index contributed by atoms with van der Waals surface area (Å²) in [7, 11) is -0.945. The summed E-state index contributed by atoms with van der Waals surface area (Å²) in [6.45, 7) is 2.96. The highest BCUT2D eigenvalue weighted by atomic mass is 31.2. The Morgan fingerprint density at radius 2 is 2.14 bits per heavy atom. The van der Waals surface area contributed by atoms with Crippen molar-refractivity contribution in [2.45, 2.75) is 19.7 Å². The third kappa shape index (κ3) is 3.42. The van der Waals surface area contributed by atoms with E-state index in [2.05, 4.69) is 18.9 Å². The molecule has 0 saturated carbocycles. The lowest BCUT2D eigenvalue weighted by atomic mass is 10.1. The molecule has 112 valence electrons. The largest absolute Gasteiger partial charge is 0.481 e. The Labute approximate surface area is 132 Å². The Bertz CT molecular complexity index is 706. The van der Waals surface area contributed by atoms with Crippen LogP contribution in [0.25, 0.3) is 0 Å². The summed E-state index contributed by atoms with van der Waals surface area (Å²) in [5, 5.41) is 0. The van der Waals surface area contributed by atoms with Gasteiger partial charge < -0.3 is 13.8 Å². The zero-order valence-electron chi connectivity index (χ0n) is 12.4. The van der Waals surface area contributed by atoms with Gasteiger partial charge in [0.05, 0.1) is 12.8 Å². The molecule has 0 saturated heterocycles. The van der Waals surface area contributed by atoms with Crippen LogP contribution in [0.4, 0.5) is 0 Å². The molecule has 0 radical (unpaired) electrons. The summed E-state index contributed by atoms with van der Waals surface area (Å²) in [4.78, 5) is 0. The van der Waals surface area contributed by atoms with Crippen LogP contribution in [0.3, 0.4) is 0 Å².